The lowest BCUT2D eigenvalue weighted by atomic mass is 9.68. The lowest BCUT2D eigenvalue weighted by molar-refractivity contribution is 0.586. The van der Waals surface area contributed by atoms with Gasteiger partial charge in [-0.05, 0) is 171 Å². The van der Waals surface area contributed by atoms with Gasteiger partial charge in [-0.25, -0.2) is 0 Å². The van der Waals surface area contributed by atoms with Gasteiger partial charge in [0.05, 0.1) is 5.41 Å². The van der Waals surface area contributed by atoms with Crippen LogP contribution in [-0.2, 0) is 21.7 Å². The summed E-state index contributed by atoms with van der Waals surface area (Å²) in [5.41, 5.74) is 29.0. The molecule has 3 aliphatic carbocycles. The lowest BCUT2D eigenvalue weighted by Crippen LogP contribution is -2.27. The van der Waals surface area contributed by atoms with Crippen molar-refractivity contribution in [3.63, 3.8) is 0 Å². The highest BCUT2D eigenvalue weighted by molar-refractivity contribution is 6.01. The van der Waals surface area contributed by atoms with Crippen molar-refractivity contribution in [1.82, 2.24) is 0 Å². The molecule has 0 N–H and O–H groups in total. The topological polar surface area (TPSA) is 3.24 Å². The van der Waals surface area contributed by atoms with Gasteiger partial charge in [-0.2, -0.15) is 0 Å². The molecule has 1 heteroatoms. The van der Waals surface area contributed by atoms with Gasteiger partial charge >= 0.3 is 0 Å². The van der Waals surface area contributed by atoms with Gasteiger partial charge in [-0.1, -0.05) is 231 Å². The standard InChI is InChI=1S/C72H61N/c1-69(2,3)51-34-40-60-66(44-51)72(63-27-16-13-24-57(63)58-25-14-17-28-64(58)72)67-45-52(70(4,5)6)43-61(68(60)67)48-31-37-54(38-32-48)73(53-35-29-47(30-36-53)46-19-10-9-11-20-46)55-22-18-21-49(41-55)50-33-39-59-56-23-12-15-26-62(56)71(7,8)65(59)42-50/h9-45H,1-8H3. The van der Waals surface area contributed by atoms with E-state index < -0.39 is 5.41 Å². The number of anilines is 3. The van der Waals surface area contributed by atoms with E-state index in [1.54, 1.807) is 0 Å². The summed E-state index contributed by atoms with van der Waals surface area (Å²) < 4.78 is 0. The maximum absolute atomic E-state index is 2.57. The number of benzene rings is 10. The summed E-state index contributed by atoms with van der Waals surface area (Å²) in [5.74, 6) is 0. The smallest absolute Gasteiger partial charge is 0.0725 e. The predicted molar refractivity (Wildman–Crippen MR) is 309 cm³/mol. The monoisotopic (exact) mass is 939 g/mol. The van der Waals surface area contributed by atoms with E-state index in [1.165, 1.54) is 111 Å². The Morgan fingerprint density at radius 3 is 1.40 bits per heavy atom. The van der Waals surface area contributed by atoms with Gasteiger partial charge in [0.2, 0.25) is 0 Å². The van der Waals surface area contributed by atoms with Crippen LogP contribution < -0.4 is 4.90 Å². The van der Waals surface area contributed by atoms with Crippen LogP contribution >= 0.6 is 0 Å². The van der Waals surface area contributed by atoms with Crippen molar-refractivity contribution >= 4 is 17.1 Å². The summed E-state index contributed by atoms with van der Waals surface area (Å²) in [6.07, 6.45) is 0. The van der Waals surface area contributed by atoms with E-state index in [0.717, 1.165) is 17.1 Å². The van der Waals surface area contributed by atoms with Gasteiger partial charge in [-0.3, -0.25) is 0 Å². The van der Waals surface area contributed by atoms with Gasteiger partial charge in [-0.15, -0.1) is 0 Å². The second-order valence-electron chi connectivity index (χ2n) is 23.3. The third-order valence-electron chi connectivity index (χ3n) is 16.6. The molecule has 13 rings (SSSR count). The highest BCUT2D eigenvalue weighted by Gasteiger charge is 2.53. The Balaban J connectivity index is 0.979. The van der Waals surface area contributed by atoms with E-state index in [2.05, 4.69) is 285 Å². The molecule has 10 aromatic rings. The summed E-state index contributed by atoms with van der Waals surface area (Å²) in [6, 6.07) is 85.1. The lowest BCUT2D eigenvalue weighted by Gasteiger charge is -2.33. The van der Waals surface area contributed by atoms with E-state index in [4.69, 9.17) is 0 Å². The Hall–Kier alpha value is -8.00. The molecule has 73 heavy (non-hydrogen) atoms. The molecule has 10 aromatic carbocycles. The molecule has 0 atom stereocenters. The average Bonchev–Trinajstić information content (AvgIpc) is 3.99. The Morgan fingerprint density at radius 2 is 0.767 bits per heavy atom. The molecule has 0 saturated heterocycles. The molecule has 0 aromatic heterocycles. The zero-order valence-corrected chi connectivity index (χ0v) is 43.3. The first kappa shape index (κ1) is 44.9. The van der Waals surface area contributed by atoms with Crippen LogP contribution in [0.15, 0.2) is 224 Å². The van der Waals surface area contributed by atoms with Crippen LogP contribution in [0.3, 0.4) is 0 Å². The van der Waals surface area contributed by atoms with Crippen molar-refractivity contribution in [2.75, 3.05) is 4.90 Å². The first-order valence-electron chi connectivity index (χ1n) is 26.2. The highest BCUT2D eigenvalue weighted by atomic mass is 15.1. The van der Waals surface area contributed by atoms with Crippen LogP contribution in [-0.4, -0.2) is 0 Å². The number of nitrogens with zero attached hydrogens (tertiary/aromatic N) is 1. The van der Waals surface area contributed by atoms with Gasteiger partial charge in [0.25, 0.3) is 0 Å². The maximum atomic E-state index is 2.57. The summed E-state index contributed by atoms with van der Waals surface area (Å²) in [7, 11) is 0. The normalized spacial score (nSPS) is 14.2. The molecule has 0 unspecified atom stereocenters. The second kappa shape index (κ2) is 16.3. The molecule has 0 amide bonds. The average molecular weight is 940 g/mol. The van der Waals surface area contributed by atoms with Crippen LogP contribution in [0.2, 0.25) is 0 Å². The Bertz CT molecular complexity index is 3770. The molecular formula is C72H61N. The fourth-order valence-electron chi connectivity index (χ4n) is 12.8. The van der Waals surface area contributed by atoms with Crippen molar-refractivity contribution in [3.8, 4) is 66.8 Å². The van der Waals surface area contributed by atoms with Crippen LogP contribution in [0.4, 0.5) is 17.1 Å². The minimum atomic E-state index is -0.457. The van der Waals surface area contributed by atoms with E-state index >= 15 is 0 Å². The van der Waals surface area contributed by atoms with Crippen molar-refractivity contribution in [2.45, 2.75) is 77.0 Å². The van der Waals surface area contributed by atoms with Crippen LogP contribution in [0, 0.1) is 0 Å². The van der Waals surface area contributed by atoms with Crippen molar-refractivity contribution in [3.05, 3.63) is 269 Å². The molecule has 354 valence electrons. The molecule has 0 aliphatic heterocycles. The molecule has 0 saturated carbocycles. The van der Waals surface area contributed by atoms with Crippen LogP contribution in [0.25, 0.3) is 66.8 Å². The van der Waals surface area contributed by atoms with Gasteiger partial charge in [0.15, 0.2) is 0 Å². The molecule has 1 nitrogen and oxygen atoms in total. The fraction of sp³-hybridized carbons (Fsp3) is 0.167. The Kier molecular flexibility index (Phi) is 10.0. The molecular weight excluding hydrogens is 879 g/mol. The third-order valence-corrected chi connectivity index (χ3v) is 16.6. The van der Waals surface area contributed by atoms with Gasteiger partial charge < -0.3 is 4.90 Å². The summed E-state index contributed by atoms with van der Waals surface area (Å²) in [4.78, 5) is 2.43. The number of hydrogen-bond donors (Lipinski definition) is 0. The third kappa shape index (κ3) is 6.89. The minimum Gasteiger partial charge on any atom is -0.310 e. The molecule has 0 heterocycles. The fourth-order valence-corrected chi connectivity index (χ4v) is 12.8. The van der Waals surface area contributed by atoms with Crippen LogP contribution in [0.5, 0.6) is 0 Å². The van der Waals surface area contributed by atoms with Gasteiger partial charge in [0.1, 0.15) is 0 Å². The van der Waals surface area contributed by atoms with E-state index in [0.29, 0.717) is 0 Å². The van der Waals surface area contributed by atoms with Crippen molar-refractivity contribution in [1.29, 1.82) is 0 Å². The largest absolute Gasteiger partial charge is 0.310 e. The van der Waals surface area contributed by atoms with Crippen molar-refractivity contribution in [2.24, 2.45) is 0 Å². The number of hydrogen-bond acceptors (Lipinski definition) is 1. The number of fused-ring (bicyclic) bond motifs is 13. The quantitative estimate of drug-likeness (QED) is 0.161. The first-order chi connectivity index (χ1) is 35.2. The molecule has 1 spiro atoms. The molecule has 0 radical (unpaired) electrons. The Labute approximate surface area is 432 Å². The van der Waals surface area contributed by atoms with E-state index in [1.807, 2.05) is 0 Å². The summed E-state index contributed by atoms with van der Waals surface area (Å²) in [5, 5.41) is 0. The summed E-state index contributed by atoms with van der Waals surface area (Å²) in [6.45, 7) is 18.8. The molecule has 0 bridgehead atoms. The zero-order valence-electron chi connectivity index (χ0n) is 43.3. The molecule has 3 aliphatic rings. The van der Waals surface area contributed by atoms with Gasteiger partial charge in [0, 0.05) is 22.5 Å². The predicted octanol–water partition coefficient (Wildman–Crippen LogP) is 19.4. The maximum Gasteiger partial charge on any atom is 0.0725 e. The zero-order chi connectivity index (χ0) is 50.0. The van der Waals surface area contributed by atoms with E-state index in [-0.39, 0.29) is 16.2 Å². The van der Waals surface area contributed by atoms with E-state index in [9.17, 15) is 0 Å². The second-order valence-corrected chi connectivity index (χ2v) is 23.3. The summed E-state index contributed by atoms with van der Waals surface area (Å²) >= 11 is 0. The van der Waals surface area contributed by atoms with Crippen LogP contribution in [0.1, 0.15) is 99.9 Å². The SMILES string of the molecule is CC(C)(C)c1ccc2c(c1)C1(c3ccccc3-c3ccccc31)c1cc(C(C)(C)C)cc(-c3ccc(N(c4ccc(-c5ccccc5)cc4)c4cccc(-c5ccc6c(c5)C(C)(C)c5ccccc5-6)c4)cc3)c1-2. The highest BCUT2D eigenvalue weighted by Crippen LogP contribution is 2.65. The first-order valence-corrected chi connectivity index (χ1v) is 26.2. The Morgan fingerprint density at radius 1 is 0.288 bits per heavy atom. The minimum absolute atomic E-state index is 0.0181. The molecule has 0 fully saturated rings. The number of rotatable bonds is 6. The van der Waals surface area contributed by atoms with Crippen molar-refractivity contribution < 1.29 is 0 Å².